The smallest absolute Gasteiger partial charge is 0.240 e. The van der Waals surface area contributed by atoms with Gasteiger partial charge in [-0.05, 0) is 50.9 Å². The first-order valence-corrected chi connectivity index (χ1v) is 8.93. The molecule has 4 unspecified atom stereocenters. The van der Waals surface area contributed by atoms with Gasteiger partial charge in [0.05, 0.1) is 23.1 Å². The predicted molar refractivity (Wildman–Crippen MR) is 80.5 cm³/mol. The first kappa shape index (κ1) is 15.0. The maximum absolute atomic E-state index is 12.4. The Hall–Kier alpha value is -0.950. The van der Waals surface area contributed by atoms with Gasteiger partial charge in [-0.25, -0.2) is 13.1 Å². The molecule has 116 valence electrons. The zero-order valence-corrected chi connectivity index (χ0v) is 13.2. The summed E-state index contributed by atoms with van der Waals surface area (Å²) in [6.45, 7) is 2.04. The Morgan fingerprint density at radius 1 is 1.24 bits per heavy atom. The molecule has 0 spiro atoms. The van der Waals surface area contributed by atoms with Crippen LogP contribution in [0.1, 0.15) is 37.8 Å². The van der Waals surface area contributed by atoms with E-state index in [1.807, 2.05) is 26.1 Å². The molecule has 0 radical (unpaired) electrons. The third-order valence-corrected chi connectivity index (χ3v) is 6.04. The van der Waals surface area contributed by atoms with E-state index in [1.54, 1.807) is 12.1 Å². The molecule has 4 atom stereocenters. The Bertz CT molecular complexity index is 600. The van der Waals surface area contributed by atoms with Crippen molar-refractivity contribution in [3.05, 3.63) is 29.8 Å². The highest BCUT2D eigenvalue weighted by molar-refractivity contribution is 7.89. The van der Waals surface area contributed by atoms with Gasteiger partial charge in [0.15, 0.2) is 0 Å². The molecule has 2 bridgehead atoms. The van der Waals surface area contributed by atoms with Crippen molar-refractivity contribution in [3.8, 4) is 0 Å². The van der Waals surface area contributed by atoms with Crippen molar-refractivity contribution in [1.82, 2.24) is 10.0 Å². The fourth-order valence-electron chi connectivity index (χ4n) is 3.13. The zero-order chi connectivity index (χ0) is 15.0. The fourth-order valence-corrected chi connectivity index (χ4v) is 4.41. The molecule has 3 rings (SSSR count). The van der Waals surface area contributed by atoms with E-state index in [2.05, 4.69) is 10.0 Å². The third kappa shape index (κ3) is 2.99. The quantitative estimate of drug-likeness (QED) is 0.866. The van der Waals surface area contributed by atoms with Crippen molar-refractivity contribution >= 4 is 10.0 Å². The lowest BCUT2D eigenvalue weighted by Crippen LogP contribution is -2.41. The largest absolute Gasteiger partial charge is 0.373 e. The normalized spacial score (nSPS) is 29.7. The monoisotopic (exact) mass is 310 g/mol. The molecule has 2 aliphatic heterocycles. The van der Waals surface area contributed by atoms with Crippen LogP contribution in [0.2, 0.25) is 0 Å². The minimum atomic E-state index is -3.47. The van der Waals surface area contributed by atoms with Gasteiger partial charge >= 0.3 is 0 Å². The number of hydrogen-bond acceptors (Lipinski definition) is 4. The molecule has 0 saturated carbocycles. The van der Waals surface area contributed by atoms with Gasteiger partial charge in [-0.15, -0.1) is 0 Å². The Morgan fingerprint density at radius 3 is 2.48 bits per heavy atom. The van der Waals surface area contributed by atoms with E-state index >= 15 is 0 Å². The number of hydrogen-bond donors (Lipinski definition) is 2. The van der Waals surface area contributed by atoms with Crippen LogP contribution in [-0.4, -0.2) is 33.7 Å². The summed E-state index contributed by atoms with van der Waals surface area (Å²) in [4.78, 5) is 0.317. The van der Waals surface area contributed by atoms with Crippen LogP contribution in [0.15, 0.2) is 29.2 Å². The number of fused-ring (bicyclic) bond motifs is 2. The van der Waals surface area contributed by atoms with Crippen molar-refractivity contribution in [1.29, 1.82) is 0 Å². The van der Waals surface area contributed by atoms with E-state index in [1.165, 1.54) is 0 Å². The van der Waals surface area contributed by atoms with Crippen molar-refractivity contribution in [2.24, 2.45) is 0 Å². The van der Waals surface area contributed by atoms with Crippen LogP contribution >= 0.6 is 0 Å². The second kappa shape index (κ2) is 5.68. The third-order valence-electron chi connectivity index (χ3n) is 4.54. The number of nitrogens with one attached hydrogen (secondary N) is 2. The molecule has 0 aliphatic carbocycles. The number of benzene rings is 1. The van der Waals surface area contributed by atoms with Crippen molar-refractivity contribution < 1.29 is 13.2 Å². The lowest BCUT2D eigenvalue weighted by molar-refractivity contribution is 0.0996. The van der Waals surface area contributed by atoms with Crippen LogP contribution in [0.5, 0.6) is 0 Å². The van der Waals surface area contributed by atoms with Crippen molar-refractivity contribution in [2.45, 2.75) is 55.4 Å². The molecule has 0 aromatic heterocycles. The highest BCUT2D eigenvalue weighted by Crippen LogP contribution is 2.35. The highest BCUT2D eigenvalue weighted by atomic mass is 32.2. The Balaban J connectivity index is 1.72. The fraction of sp³-hybridized carbons (Fsp3) is 0.600. The maximum Gasteiger partial charge on any atom is 0.240 e. The SMILES string of the molecule is CNC(C)c1ccc(S(=O)(=O)NC2CC3CCC2O3)cc1. The van der Waals surface area contributed by atoms with Gasteiger partial charge < -0.3 is 10.1 Å². The summed E-state index contributed by atoms with van der Waals surface area (Å²) in [5, 5.41) is 3.13. The van der Waals surface area contributed by atoms with Gasteiger partial charge in [0, 0.05) is 6.04 Å². The van der Waals surface area contributed by atoms with Gasteiger partial charge in [-0.3, -0.25) is 0 Å². The Morgan fingerprint density at radius 2 is 1.95 bits per heavy atom. The molecule has 1 aromatic rings. The topological polar surface area (TPSA) is 67.4 Å². The van der Waals surface area contributed by atoms with Gasteiger partial charge in [-0.1, -0.05) is 12.1 Å². The summed E-state index contributed by atoms with van der Waals surface area (Å²) in [6, 6.07) is 7.16. The van der Waals surface area contributed by atoms with Crippen LogP contribution in [0, 0.1) is 0 Å². The van der Waals surface area contributed by atoms with Gasteiger partial charge in [0.1, 0.15) is 0 Å². The van der Waals surface area contributed by atoms with E-state index in [9.17, 15) is 8.42 Å². The summed E-state index contributed by atoms with van der Waals surface area (Å²) < 4.78 is 33.4. The molecule has 2 aliphatic rings. The molecular formula is C15H22N2O3S. The average molecular weight is 310 g/mol. The van der Waals surface area contributed by atoms with Crippen LogP contribution in [0.4, 0.5) is 0 Å². The molecular weight excluding hydrogens is 288 g/mol. The van der Waals surface area contributed by atoms with E-state index in [4.69, 9.17) is 4.74 Å². The first-order valence-electron chi connectivity index (χ1n) is 7.44. The molecule has 2 heterocycles. The standard InChI is InChI=1S/C15H22N2O3S/c1-10(16-2)11-3-6-13(7-4-11)21(18,19)17-14-9-12-5-8-15(14)20-12/h3-4,6-7,10,12,14-17H,5,8-9H2,1-2H3. The van der Waals surface area contributed by atoms with Crippen LogP contribution < -0.4 is 10.0 Å². The van der Waals surface area contributed by atoms with E-state index in [0.717, 1.165) is 24.8 Å². The minimum Gasteiger partial charge on any atom is -0.373 e. The lowest BCUT2D eigenvalue weighted by atomic mass is 9.96. The van der Waals surface area contributed by atoms with Gasteiger partial charge in [0.25, 0.3) is 0 Å². The van der Waals surface area contributed by atoms with Crippen molar-refractivity contribution in [2.75, 3.05) is 7.05 Å². The summed E-state index contributed by atoms with van der Waals surface area (Å²) in [7, 11) is -1.58. The minimum absolute atomic E-state index is 0.0494. The molecule has 2 fully saturated rings. The second-order valence-electron chi connectivity index (χ2n) is 5.92. The van der Waals surface area contributed by atoms with Crippen LogP contribution in [0.25, 0.3) is 0 Å². The number of ether oxygens (including phenoxy) is 1. The Labute approximate surface area is 126 Å². The molecule has 0 amide bonds. The molecule has 6 heteroatoms. The van der Waals surface area contributed by atoms with Crippen LogP contribution in [0.3, 0.4) is 0 Å². The summed E-state index contributed by atoms with van der Waals surface area (Å²) in [5.74, 6) is 0. The molecule has 21 heavy (non-hydrogen) atoms. The van der Waals surface area contributed by atoms with E-state index < -0.39 is 10.0 Å². The van der Waals surface area contributed by atoms with Gasteiger partial charge in [0.2, 0.25) is 10.0 Å². The maximum atomic E-state index is 12.4. The molecule has 1 aromatic carbocycles. The highest BCUT2D eigenvalue weighted by Gasteiger charge is 2.42. The summed E-state index contributed by atoms with van der Waals surface area (Å²) in [5.41, 5.74) is 1.07. The molecule has 2 saturated heterocycles. The zero-order valence-electron chi connectivity index (χ0n) is 12.4. The Kier molecular flexibility index (Phi) is 4.05. The average Bonchev–Trinajstić information content (AvgIpc) is 3.08. The molecule has 2 N–H and O–H groups in total. The van der Waals surface area contributed by atoms with Gasteiger partial charge in [-0.2, -0.15) is 0 Å². The van der Waals surface area contributed by atoms with Crippen molar-refractivity contribution in [3.63, 3.8) is 0 Å². The predicted octanol–water partition coefficient (Wildman–Crippen LogP) is 1.57. The first-order chi connectivity index (χ1) is 9.99. The number of rotatable bonds is 5. The van der Waals surface area contributed by atoms with Crippen LogP contribution in [-0.2, 0) is 14.8 Å². The summed E-state index contributed by atoms with van der Waals surface area (Å²) in [6.07, 6.45) is 3.09. The summed E-state index contributed by atoms with van der Waals surface area (Å²) >= 11 is 0. The number of sulfonamides is 1. The van der Waals surface area contributed by atoms with E-state index in [0.29, 0.717) is 4.90 Å². The second-order valence-corrected chi connectivity index (χ2v) is 7.63. The molecule has 5 nitrogen and oxygen atoms in total. The lowest BCUT2D eigenvalue weighted by Gasteiger charge is -2.20. The van der Waals surface area contributed by atoms with E-state index in [-0.39, 0.29) is 24.3 Å².